The molecular formula is C14H16O2S. The van der Waals surface area contributed by atoms with Crippen LogP contribution < -0.4 is 9.47 Å². The van der Waals surface area contributed by atoms with Gasteiger partial charge in [0.2, 0.25) is 0 Å². The predicted molar refractivity (Wildman–Crippen MR) is 71.1 cm³/mol. The smallest absolute Gasteiger partial charge is 0.173 e. The molecule has 90 valence electrons. The van der Waals surface area contributed by atoms with Crippen molar-refractivity contribution in [2.24, 2.45) is 0 Å². The van der Waals surface area contributed by atoms with E-state index >= 15 is 0 Å². The number of benzene rings is 1. The maximum Gasteiger partial charge on any atom is 0.173 e. The van der Waals surface area contributed by atoms with Crippen LogP contribution in [-0.2, 0) is 6.42 Å². The Hall–Kier alpha value is -1.48. The monoisotopic (exact) mass is 248 g/mol. The van der Waals surface area contributed by atoms with Crippen LogP contribution in [0.1, 0.15) is 12.5 Å². The molecule has 2 aromatic rings. The van der Waals surface area contributed by atoms with Gasteiger partial charge in [0.1, 0.15) is 5.75 Å². The number of hydrogen-bond donors (Lipinski definition) is 0. The summed E-state index contributed by atoms with van der Waals surface area (Å²) in [5, 5.41) is 3.00. The van der Waals surface area contributed by atoms with Crippen molar-refractivity contribution < 1.29 is 9.47 Å². The molecule has 1 aromatic heterocycles. The molecular weight excluding hydrogens is 232 g/mol. The standard InChI is InChI=1S/C14H16O2S/c1-2-15-13-7-5-12(6-8-13)9-10-16-14-4-3-11-17-14/h3-8,11H,2,9-10H2,1H3. The Balaban J connectivity index is 1.79. The molecule has 0 spiro atoms. The molecule has 2 nitrogen and oxygen atoms in total. The Morgan fingerprint density at radius 3 is 2.53 bits per heavy atom. The Kier molecular flexibility index (Phi) is 4.45. The van der Waals surface area contributed by atoms with Crippen molar-refractivity contribution >= 4 is 11.3 Å². The van der Waals surface area contributed by atoms with E-state index in [1.807, 2.05) is 36.6 Å². The third-order valence-electron chi connectivity index (χ3n) is 2.36. The minimum atomic E-state index is 0.709. The van der Waals surface area contributed by atoms with Gasteiger partial charge in [-0.1, -0.05) is 12.1 Å². The first kappa shape index (κ1) is 12.0. The highest BCUT2D eigenvalue weighted by molar-refractivity contribution is 7.11. The summed E-state index contributed by atoms with van der Waals surface area (Å²) < 4.78 is 11.0. The number of ether oxygens (including phenoxy) is 2. The number of rotatable bonds is 6. The van der Waals surface area contributed by atoms with E-state index in [0.29, 0.717) is 13.2 Å². The Morgan fingerprint density at radius 2 is 1.88 bits per heavy atom. The normalized spacial score (nSPS) is 10.2. The molecule has 0 aliphatic heterocycles. The molecule has 0 aliphatic carbocycles. The zero-order valence-corrected chi connectivity index (χ0v) is 10.7. The lowest BCUT2D eigenvalue weighted by atomic mass is 10.1. The van der Waals surface area contributed by atoms with Gasteiger partial charge < -0.3 is 9.47 Å². The third kappa shape index (κ3) is 3.79. The zero-order chi connectivity index (χ0) is 11.9. The second-order valence-corrected chi connectivity index (χ2v) is 4.52. The third-order valence-corrected chi connectivity index (χ3v) is 3.14. The highest BCUT2D eigenvalue weighted by Crippen LogP contribution is 2.18. The fourth-order valence-electron chi connectivity index (χ4n) is 1.53. The van der Waals surface area contributed by atoms with Gasteiger partial charge in [-0.2, -0.15) is 0 Å². The molecule has 1 heterocycles. The lowest BCUT2D eigenvalue weighted by Gasteiger charge is -2.05. The van der Waals surface area contributed by atoms with Gasteiger partial charge in [-0.05, 0) is 42.1 Å². The number of thiophene rings is 1. The van der Waals surface area contributed by atoms with E-state index in [9.17, 15) is 0 Å². The summed E-state index contributed by atoms with van der Waals surface area (Å²) in [4.78, 5) is 0. The topological polar surface area (TPSA) is 18.5 Å². The van der Waals surface area contributed by atoms with Crippen molar-refractivity contribution in [3.8, 4) is 10.8 Å². The van der Waals surface area contributed by atoms with E-state index in [0.717, 1.165) is 17.2 Å². The lowest BCUT2D eigenvalue weighted by Crippen LogP contribution is -2.00. The zero-order valence-electron chi connectivity index (χ0n) is 9.89. The van der Waals surface area contributed by atoms with Gasteiger partial charge in [0.05, 0.1) is 13.2 Å². The van der Waals surface area contributed by atoms with Gasteiger partial charge >= 0.3 is 0 Å². The molecule has 0 aliphatic rings. The average molecular weight is 248 g/mol. The van der Waals surface area contributed by atoms with Crippen molar-refractivity contribution in [2.45, 2.75) is 13.3 Å². The first-order valence-electron chi connectivity index (χ1n) is 5.76. The summed E-state index contributed by atoms with van der Waals surface area (Å²) in [6.07, 6.45) is 0.921. The van der Waals surface area contributed by atoms with E-state index in [-0.39, 0.29) is 0 Å². The molecule has 0 radical (unpaired) electrons. The Labute approximate surface area is 106 Å². The lowest BCUT2D eigenvalue weighted by molar-refractivity contribution is 0.330. The first-order valence-corrected chi connectivity index (χ1v) is 6.64. The van der Waals surface area contributed by atoms with E-state index in [1.165, 1.54) is 5.56 Å². The first-order chi connectivity index (χ1) is 8.38. The largest absolute Gasteiger partial charge is 0.494 e. The van der Waals surface area contributed by atoms with Gasteiger partial charge in [-0.25, -0.2) is 0 Å². The second kappa shape index (κ2) is 6.30. The molecule has 0 fully saturated rings. The maximum atomic E-state index is 5.61. The minimum absolute atomic E-state index is 0.709. The van der Waals surface area contributed by atoms with Crippen molar-refractivity contribution in [2.75, 3.05) is 13.2 Å². The quantitative estimate of drug-likeness (QED) is 0.774. The van der Waals surface area contributed by atoms with Crippen molar-refractivity contribution in [3.63, 3.8) is 0 Å². The van der Waals surface area contributed by atoms with E-state index in [2.05, 4.69) is 12.1 Å². The maximum absolute atomic E-state index is 5.61. The Morgan fingerprint density at radius 1 is 1.06 bits per heavy atom. The van der Waals surface area contributed by atoms with Crippen LogP contribution in [0.15, 0.2) is 41.8 Å². The van der Waals surface area contributed by atoms with E-state index in [4.69, 9.17) is 9.47 Å². The van der Waals surface area contributed by atoms with Crippen LogP contribution in [0, 0.1) is 0 Å². The Bertz CT molecular complexity index is 420. The van der Waals surface area contributed by atoms with Crippen LogP contribution in [0.2, 0.25) is 0 Å². The van der Waals surface area contributed by atoms with Gasteiger partial charge in [-0.15, -0.1) is 11.3 Å². The average Bonchev–Trinajstić information content (AvgIpc) is 2.85. The highest BCUT2D eigenvalue weighted by Gasteiger charge is 1.97. The highest BCUT2D eigenvalue weighted by atomic mass is 32.1. The summed E-state index contributed by atoms with van der Waals surface area (Å²) in [7, 11) is 0. The van der Waals surface area contributed by atoms with Crippen molar-refractivity contribution in [3.05, 3.63) is 47.3 Å². The van der Waals surface area contributed by atoms with Crippen molar-refractivity contribution in [1.29, 1.82) is 0 Å². The van der Waals surface area contributed by atoms with Crippen LogP contribution in [-0.4, -0.2) is 13.2 Å². The predicted octanol–water partition coefficient (Wildman–Crippen LogP) is 3.77. The molecule has 0 atom stereocenters. The molecule has 2 rings (SSSR count). The van der Waals surface area contributed by atoms with E-state index < -0.39 is 0 Å². The van der Waals surface area contributed by atoms with Crippen LogP contribution >= 0.6 is 11.3 Å². The number of hydrogen-bond acceptors (Lipinski definition) is 3. The molecule has 0 unspecified atom stereocenters. The minimum Gasteiger partial charge on any atom is -0.494 e. The molecule has 3 heteroatoms. The second-order valence-electron chi connectivity index (χ2n) is 3.61. The van der Waals surface area contributed by atoms with Gasteiger partial charge in [-0.3, -0.25) is 0 Å². The summed E-state index contributed by atoms with van der Waals surface area (Å²) in [5.41, 5.74) is 1.27. The fourth-order valence-corrected chi connectivity index (χ4v) is 2.13. The van der Waals surface area contributed by atoms with Crippen molar-refractivity contribution in [1.82, 2.24) is 0 Å². The summed E-state index contributed by atoms with van der Waals surface area (Å²) in [5.74, 6) is 0.926. The molecule has 0 saturated heterocycles. The van der Waals surface area contributed by atoms with Crippen LogP contribution in [0.4, 0.5) is 0 Å². The molecule has 0 saturated carbocycles. The van der Waals surface area contributed by atoms with Crippen LogP contribution in [0.5, 0.6) is 10.8 Å². The molecule has 1 aromatic carbocycles. The molecule has 0 N–H and O–H groups in total. The summed E-state index contributed by atoms with van der Waals surface area (Å²) >= 11 is 1.62. The summed E-state index contributed by atoms with van der Waals surface area (Å²) in [6.45, 7) is 3.41. The fraction of sp³-hybridized carbons (Fsp3) is 0.286. The van der Waals surface area contributed by atoms with E-state index in [1.54, 1.807) is 11.3 Å². The summed E-state index contributed by atoms with van der Waals surface area (Å²) in [6, 6.07) is 12.2. The van der Waals surface area contributed by atoms with Crippen LogP contribution in [0.25, 0.3) is 0 Å². The van der Waals surface area contributed by atoms with Gasteiger partial charge in [0.15, 0.2) is 5.06 Å². The van der Waals surface area contributed by atoms with Gasteiger partial charge in [0.25, 0.3) is 0 Å². The SMILES string of the molecule is CCOc1ccc(CCOc2cccs2)cc1. The molecule has 17 heavy (non-hydrogen) atoms. The molecule has 0 amide bonds. The molecule has 0 bridgehead atoms. The van der Waals surface area contributed by atoms with Crippen LogP contribution in [0.3, 0.4) is 0 Å². The van der Waals surface area contributed by atoms with Gasteiger partial charge in [0, 0.05) is 6.42 Å².